The summed E-state index contributed by atoms with van der Waals surface area (Å²) in [5.74, 6) is 1.09. The molecule has 18 heavy (non-hydrogen) atoms. The summed E-state index contributed by atoms with van der Waals surface area (Å²) in [7, 11) is 0. The van der Waals surface area contributed by atoms with E-state index in [-0.39, 0.29) is 5.82 Å². The highest BCUT2D eigenvalue weighted by Crippen LogP contribution is 2.20. The van der Waals surface area contributed by atoms with E-state index < -0.39 is 0 Å². The highest BCUT2D eigenvalue weighted by atomic mass is 19.1. The Balaban J connectivity index is 2.20. The molecule has 1 aromatic carbocycles. The van der Waals surface area contributed by atoms with Crippen LogP contribution < -0.4 is 10.6 Å². The standard InChI is InChI=1S/C13H15FN4/c1-3-16-12-7-15-8-13(18-12)17-11-5-4-10(14)6-9(11)2/h4-8H,3H2,1-2H3,(H2,16,17,18). The van der Waals surface area contributed by atoms with Crippen molar-refractivity contribution in [3.8, 4) is 0 Å². The highest BCUT2D eigenvalue weighted by Gasteiger charge is 2.02. The van der Waals surface area contributed by atoms with Crippen molar-refractivity contribution in [3.63, 3.8) is 0 Å². The Labute approximate surface area is 105 Å². The summed E-state index contributed by atoms with van der Waals surface area (Å²) < 4.78 is 13.0. The van der Waals surface area contributed by atoms with E-state index in [1.165, 1.54) is 12.1 Å². The molecule has 0 aliphatic rings. The lowest BCUT2D eigenvalue weighted by atomic mass is 10.2. The second-order valence-corrected chi connectivity index (χ2v) is 3.90. The smallest absolute Gasteiger partial charge is 0.151 e. The van der Waals surface area contributed by atoms with Crippen LogP contribution in [0.15, 0.2) is 30.6 Å². The summed E-state index contributed by atoms with van der Waals surface area (Å²) in [5, 5.41) is 6.20. The molecular weight excluding hydrogens is 231 g/mol. The van der Waals surface area contributed by atoms with Gasteiger partial charge in [0.2, 0.25) is 0 Å². The third kappa shape index (κ3) is 2.94. The average Bonchev–Trinajstić information content (AvgIpc) is 2.34. The van der Waals surface area contributed by atoms with Crippen LogP contribution in [0.3, 0.4) is 0 Å². The maximum Gasteiger partial charge on any atom is 0.151 e. The largest absolute Gasteiger partial charge is 0.369 e. The van der Waals surface area contributed by atoms with Crippen LogP contribution in [0.4, 0.5) is 21.7 Å². The van der Waals surface area contributed by atoms with Gasteiger partial charge in [0.05, 0.1) is 12.4 Å². The summed E-state index contributed by atoms with van der Waals surface area (Å²) in [6.45, 7) is 4.62. The second kappa shape index (κ2) is 5.44. The Morgan fingerprint density at radius 3 is 2.72 bits per heavy atom. The number of aryl methyl sites for hydroxylation is 1. The highest BCUT2D eigenvalue weighted by molar-refractivity contribution is 5.60. The lowest BCUT2D eigenvalue weighted by molar-refractivity contribution is 0.627. The number of nitrogens with zero attached hydrogens (tertiary/aromatic N) is 2. The zero-order valence-corrected chi connectivity index (χ0v) is 10.4. The first-order chi connectivity index (χ1) is 8.69. The van der Waals surface area contributed by atoms with Gasteiger partial charge >= 0.3 is 0 Å². The molecule has 1 aromatic heterocycles. The maximum absolute atomic E-state index is 13.0. The molecule has 0 aliphatic heterocycles. The van der Waals surface area contributed by atoms with Gasteiger partial charge in [-0.3, -0.25) is 4.98 Å². The van der Waals surface area contributed by atoms with Crippen molar-refractivity contribution in [1.29, 1.82) is 0 Å². The minimum Gasteiger partial charge on any atom is -0.369 e. The fraction of sp³-hybridized carbons (Fsp3) is 0.231. The molecule has 0 unspecified atom stereocenters. The fourth-order valence-corrected chi connectivity index (χ4v) is 1.60. The Hall–Kier alpha value is -2.17. The van der Waals surface area contributed by atoms with Gasteiger partial charge in [0.1, 0.15) is 11.6 Å². The number of rotatable bonds is 4. The van der Waals surface area contributed by atoms with E-state index in [1.54, 1.807) is 18.5 Å². The molecule has 0 aliphatic carbocycles. The number of benzene rings is 1. The van der Waals surface area contributed by atoms with Crippen molar-refractivity contribution in [2.24, 2.45) is 0 Å². The van der Waals surface area contributed by atoms with Crippen LogP contribution in [0, 0.1) is 12.7 Å². The van der Waals surface area contributed by atoms with Crippen LogP contribution in [0.2, 0.25) is 0 Å². The van der Waals surface area contributed by atoms with Gasteiger partial charge in [-0.1, -0.05) is 0 Å². The van der Waals surface area contributed by atoms with Crippen molar-refractivity contribution in [1.82, 2.24) is 9.97 Å². The summed E-state index contributed by atoms with van der Waals surface area (Å²) in [5.41, 5.74) is 1.64. The van der Waals surface area contributed by atoms with Crippen LogP contribution in [0.5, 0.6) is 0 Å². The van der Waals surface area contributed by atoms with E-state index >= 15 is 0 Å². The zero-order chi connectivity index (χ0) is 13.0. The van der Waals surface area contributed by atoms with Crippen molar-refractivity contribution >= 4 is 17.3 Å². The fourth-order valence-electron chi connectivity index (χ4n) is 1.60. The summed E-state index contributed by atoms with van der Waals surface area (Å²) in [6.07, 6.45) is 3.29. The van der Waals surface area contributed by atoms with Crippen LogP contribution in [0.25, 0.3) is 0 Å². The van der Waals surface area contributed by atoms with Gasteiger partial charge in [0.25, 0.3) is 0 Å². The summed E-state index contributed by atoms with van der Waals surface area (Å²) in [4.78, 5) is 8.43. The topological polar surface area (TPSA) is 49.8 Å². The Kier molecular flexibility index (Phi) is 3.72. The predicted octanol–water partition coefficient (Wildman–Crippen LogP) is 3.10. The molecule has 94 valence electrons. The Morgan fingerprint density at radius 2 is 2.00 bits per heavy atom. The van der Waals surface area contributed by atoms with E-state index in [4.69, 9.17) is 0 Å². The van der Waals surface area contributed by atoms with Crippen molar-refractivity contribution in [3.05, 3.63) is 42.0 Å². The van der Waals surface area contributed by atoms with Gasteiger partial charge < -0.3 is 10.6 Å². The molecule has 4 nitrogen and oxygen atoms in total. The maximum atomic E-state index is 13.0. The molecule has 0 spiro atoms. The van der Waals surface area contributed by atoms with E-state index in [2.05, 4.69) is 20.6 Å². The minimum absolute atomic E-state index is 0.245. The summed E-state index contributed by atoms with van der Waals surface area (Å²) in [6, 6.07) is 4.58. The molecule has 0 saturated heterocycles. The van der Waals surface area contributed by atoms with Gasteiger partial charge in [-0.25, -0.2) is 9.37 Å². The van der Waals surface area contributed by atoms with Crippen molar-refractivity contribution < 1.29 is 4.39 Å². The quantitative estimate of drug-likeness (QED) is 0.870. The molecule has 0 saturated carbocycles. The van der Waals surface area contributed by atoms with Gasteiger partial charge in [0.15, 0.2) is 5.82 Å². The molecular formula is C13H15FN4. The molecule has 2 rings (SSSR count). The average molecular weight is 246 g/mol. The first-order valence-corrected chi connectivity index (χ1v) is 5.78. The first-order valence-electron chi connectivity index (χ1n) is 5.78. The Bertz CT molecular complexity index is 542. The van der Waals surface area contributed by atoms with Crippen LogP contribution in [-0.4, -0.2) is 16.5 Å². The third-order valence-electron chi connectivity index (χ3n) is 2.44. The Morgan fingerprint density at radius 1 is 1.22 bits per heavy atom. The van der Waals surface area contributed by atoms with Crippen molar-refractivity contribution in [2.45, 2.75) is 13.8 Å². The number of halogens is 1. The molecule has 2 N–H and O–H groups in total. The van der Waals surface area contributed by atoms with Gasteiger partial charge in [-0.15, -0.1) is 0 Å². The third-order valence-corrected chi connectivity index (χ3v) is 2.44. The number of hydrogen-bond donors (Lipinski definition) is 2. The van der Waals surface area contributed by atoms with Crippen LogP contribution in [0.1, 0.15) is 12.5 Å². The van der Waals surface area contributed by atoms with Gasteiger partial charge in [-0.05, 0) is 37.6 Å². The number of hydrogen-bond acceptors (Lipinski definition) is 4. The number of aromatic nitrogens is 2. The first kappa shape index (κ1) is 12.3. The van der Waals surface area contributed by atoms with E-state index in [1.807, 2.05) is 13.8 Å². The van der Waals surface area contributed by atoms with E-state index in [9.17, 15) is 4.39 Å². The molecule has 1 heterocycles. The second-order valence-electron chi connectivity index (χ2n) is 3.90. The molecule has 2 aromatic rings. The normalized spacial score (nSPS) is 10.2. The SMILES string of the molecule is CCNc1cncc(Nc2ccc(F)cc2C)n1. The summed E-state index contributed by atoms with van der Waals surface area (Å²) >= 11 is 0. The molecule has 0 bridgehead atoms. The number of nitrogens with one attached hydrogen (secondary N) is 2. The van der Waals surface area contributed by atoms with E-state index in [0.29, 0.717) is 11.6 Å². The van der Waals surface area contributed by atoms with Crippen LogP contribution >= 0.6 is 0 Å². The monoisotopic (exact) mass is 246 g/mol. The zero-order valence-electron chi connectivity index (χ0n) is 10.4. The molecule has 0 fully saturated rings. The predicted molar refractivity (Wildman–Crippen MR) is 70.6 cm³/mol. The van der Waals surface area contributed by atoms with Crippen molar-refractivity contribution in [2.75, 3.05) is 17.2 Å². The molecule has 0 amide bonds. The van der Waals surface area contributed by atoms with Gasteiger partial charge in [-0.2, -0.15) is 0 Å². The lowest BCUT2D eigenvalue weighted by Crippen LogP contribution is -2.03. The van der Waals surface area contributed by atoms with Crippen LogP contribution in [-0.2, 0) is 0 Å². The molecule has 0 radical (unpaired) electrons. The van der Waals surface area contributed by atoms with E-state index in [0.717, 1.165) is 17.8 Å². The lowest BCUT2D eigenvalue weighted by Gasteiger charge is -2.09. The number of anilines is 3. The molecule has 5 heteroatoms. The van der Waals surface area contributed by atoms with Gasteiger partial charge in [0, 0.05) is 12.2 Å². The molecule has 0 atom stereocenters. The minimum atomic E-state index is -0.245.